The minimum Gasteiger partial charge on any atom is -0.350 e. The number of aryl methyl sites for hydroxylation is 3. The molecule has 1 unspecified atom stereocenters. The van der Waals surface area contributed by atoms with Gasteiger partial charge in [0.1, 0.15) is 9.88 Å². The van der Waals surface area contributed by atoms with Gasteiger partial charge in [0.05, 0.1) is 17.0 Å². The van der Waals surface area contributed by atoms with Gasteiger partial charge < -0.3 is 10.6 Å². The van der Waals surface area contributed by atoms with Crippen molar-refractivity contribution in [2.24, 2.45) is 7.05 Å². The summed E-state index contributed by atoms with van der Waals surface area (Å²) in [7, 11) is 1.63. The Morgan fingerprint density at radius 1 is 1.36 bits per heavy atom. The van der Waals surface area contributed by atoms with Gasteiger partial charge in [-0.1, -0.05) is 0 Å². The second-order valence-electron chi connectivity index (χ2n) is 6.45. The van der Waals surface area contributed by atoms with Gasteiger partial charge in [-0.3, -0.25) is 9.59 Å². The number of nitrogens with zero attached hydrogens (tertiary/aromatic N) is 3. The van der Waals surface area contributed by atoms with E-state index < -0.39 is 0 Å². The molecule has 3 heterocycles. The molecule has 134 valence electrons. The van der Waals surface area contributed by atoms with E-state index >= 15 is 0 Å². The lowest BCUT2D eigenvalue weighted by atomic mass is 10.1. The zero-order valence-corrected chi connectivity index (χ0v) is 15.8. The molecule has 0 radical (unpaired) electrons. The monoisotopic (exact) mass is 361 g/mol. The lowest BCUT2D eigenvalue weighted by Gasteiger charge is -2.10. The standard InChI is InChI=1S/C17H23N5O2S/c1-9-10(2)21-22(4)17(24)13(9)16-20-11(3)14(25-16)15(23)19-8-12-6-5-7-18-12/h12,18H,5-8H2,1-4H3,(H,19,23). The van der Waals surface area contributed by atoms with Gasteiger partial charge in [-0.15, -0.1) is 11.3 Å². The van der Waals surface area contributed by atoms with Crippen molar-refractivity contribution in [3.05, 3.63) is 32.2 Å². The Bertz CT molecular complexity index is 865. The molecule has 2 aromatic rings. The minimum atomic E-state index is -0.195. The molecule has 1 aliphatic rings. The number of nitrogens with one attached hydrogen (secondary N) is 2. The van der Waals surface area contributed by atoms with Crippen LogP contribution in [0.5, 0.6) is 0 Å². The number of amides is 1. The normalized spacial score (nSPS) is 17.0. The third-order valence-corrected chi connectivity index (χ3v) is 5.79. The van der Waals surface area contributed by atoms with Crippen LogP contribution in [0, 0.1) is 20.8 Å². The van der Waals surface area contributed by atoms with Crippen molar-refractivity contribution in [3.8, 4) is 10.6 Å². The van der Waals surface area contributed by atoms with Crippen LogP contribution in [0.4, 0.5) is 0 Å². The van der Waals surface area contributed by atoms with E-state index in [4.69, 9.17) is 0 Å². The van der Waals surface area contributed by atoms with E-state index in [2.05, 4.69) is 20.7 Å². The molecule has 3 rings (SSSR count). The van der Waals surface area contributed by atoms with Crippen molar-refractivity contribution >= 4 is 17.2 Å². The number of hydrogen-bond acceptors (Lipinski definition) is 6. The fraction of sp³-hybridized carbons (Fsp3) is 0.529. The van der Waals surface area contributed by atoms with Crippen molar-refractivity contribution < 1.29 is 4.79 Å². The highest BCUT2D eigenvalue weighted by atomic mass is 32.1. The van der Waals surface area contributed by atoms with Crippen LogP contribution < -0.4 is 16.2 Å². The Kier molecular flexibility index (Phi) is 5.01. The zero-order valence-electron chi connectivity index (χ0n) is 15.0. The van der Waals surface area contributed by atoms with Crippen LogP contribution in [0.25, 0.3) is 10.6 Å². The van der Waals surface area contributed by atoms with Gasteiger partial charge in [-0.25, -0.2) is 9.67 Å². The van der Waals surface area contributed by atoms with Crippen LogP contribution in [-0.4, -0.2) is 39.8 Å². The number of aromatic nitrogens is 3. The summed E-state index contributed by atoms with van der Waals surface area (Å²) < 4.78 is 1.32. The van der Waals surface area contributed by atoms with E-state index in [9.17, 15) is 9.59 Å². The average Bonchev–Trinajstić information content (AvgIpc) is 3.21. The predicted octanol–water partition coefficient (Wildman–Crippen LogP) is 1.31. The van der Waals surface area contributed by atoms with Crippen molar-refractivity contribution in [3.63, 3.8) is 0 Å². The summed E-state index contributed by atoms with van der Waals surface area (Å²) in [5.41, 5.74) is 2.56. The first-order valence-corrected chi connectivity index (χ1v) is 9.24. The molecular formula is C17H23N5O2S. The molecular weight excluding hydrogens is 338 g/mol. The van der Waals surface area contributed by atoms with Crippen molar-refractivity contribution in [1.29, 1.82) is 0 Å². The van der Waals surface area contributed by atoms with E-state index in [1.54, 1.807) is 14.0 Å². The summed E-state index contributed by atoms with van der Waals surface area (Å²) in [5, 5.41) is 11.1. The second-order valence-corrected chi connectivity index (χ2v) is 7.45. The first-order valence-electron chi connectivity index (χ1n) is 8.42. The summed E-state index contributed by atoms with van der Waals surface area (Å²) in [4.78, 5) is 30.0. The molecule has 1 aliphatic heterocycles. The molecule has 25 heavy (non-hydrogen) atoms. The predicted molar refractivity (Wildman–Crippen MR) is 98.2 cm³/mol. The molecule has 1 fully saturated rings. The summed E-state index contributed by atoms with van der Waals surface area (Å²) in [6.45, 7) is 7.15. The Hall–Kier alpha value is -2.06. The molecule has 7 nitrogen and oxygen atoms in total. The Morgan fingerprint density at radius 2 is 2.12 bits per heavy atom. The van der Waals surface area contributed by atoms with Gasteiger partial charge in [-0.2, -0.15) is 5.10 Å². The van der Waals surface area contributed by atoms with Crippen LogP contribution in [0.3, 0.4) is 0 Å². The molecule has 0 aromatic carbocycles. The van der Waals surface area contributed by atoms with Crippen LogP contribution >= 0.6 is 11.3 Å². The summed E-state index contributed by atoms with van der Waals surface area (Å²) in [6, 6.07) is 0.342. The molecule has 1 atom stereocenters. The highest BCUT2D eigenvalue weighted by Crippen LogP contribution is 2.28. The molecule has 0 aliphatic carbocycles. The first kappa shape index (κ1) is 17.8. The largest absolute Gasteiger partial charge is 0.350 e. The van der Waals surface area contributed by atoms with E-state index in [0.717, 1.165) is 30.6 Å². The van der Waals surface area contributed by atoms with Gasteiger partial charge >= 0.3 is 0 Å². The third-order valence-electron chi connectivity index (χ3n) is 4.61. The molecule has 2 N–H and O–H groups in total. The highest BCUT2D eigenvalue weighted by molar-refractivity contribution is 7.17. The average molecular weight is 361 g/mol. The number of rotatable bonds is 4. The fourth-order valence-electron chi connectivity index (χ4n) is 3.04. The van der Waals surface area contributed by atoms with Gasteiger partial charge in [0.2, 0.25) is 0 Å². The molecule has 0 bridgehead atoms. The lowest BCUT2D eigenvalue weighted by Crippen LogP contribution is -2.37. The molecule has 1 amide bonds. The number of thiazole rings is 1. The van der Waals surface area contributed by atoms with Crippen LogP contribution in [0.1, 0.15) is 39.5 Å². The van der Waals surface area contributed by atoms with E-state index in [1.165, 1.54) is 16.0 Å². The molecule has 2 aromatic heterocycles. The molecule has 1 saturated heterocycles. The smallest absolute Gasteiger partial charge is 0.277 e. The molecule has 0 spiro atoms. The van der Waals surface area contributed by atoms with Gasteiger partial charge in [0.15, 0.2) is 0 Å². The molecule has 8 heteroatoms. The fourth-order valence-corrected chi connectivity index (χ4v) is 4.12. The summed E-state index contributed by atoms with van der Waals surface area (Å²) in [6.07, 6.45) is 2.23. The third kappa shape index (κ3) is 3.50. The quantitative estimate of drug-likeness (QED) is 0.857. The van der Waals surface area contributed by atoms with Crippen LogP contribution in [0.15, 0.2) is 4.79 Å². The topological polar surface area (TPSA) is 88.9 Å². The maximum absolute atomic E-state index is 12.5. The number of carbonyl (C=O) groups is 1. The lowest BCUT2D eigenvalue weighted by molar-refractivity contribution is 0.0953. The van der Waals surface area contributed by atoms with Crippen molar-refractivity contribution in [2.45, 2.75) is 39.7 Å². The Labute approximate surface area is 150 Å². The van der Waals surface area contributed by atoms with Gasteiger partial charge in [0.25, 0.3) is 11.5 Å². The van der Waals surface area contributed by atoms with E-state index in [1.807, 2.05) is 13.8 Å². The SMILES string of the molecule is Cc1nc(-c2c(C)c(C)nn(C)c2=O)sc1C(=O)NCC1CCCN1. The molecule has 0 saturated carbocycles. The number of hydrogen-bond donors (Lipinski definition) is 2. The Balaban J connectivity index is 1.88. The van der Waals surface area contributed by atoms with E-state index in [-0.39, 0.29) is 11.5 Å². The van der Waals surface area contributed by atoms with Crippen molar-refractivity contribution in [2.75, 3.05) is 13.1 Å². The Morgan fingerprint density at radius 3 is 2.80 bits per heavy atom. The van der Waals surface area contributed by atoms with Crippen LogP contribution in [-0.2, 0) is 7.05 Å². The van der Waals surface area contributed by atoms with Gasteiger partial charge in [0, 0.05) is 19.6 Å². The number of carbonyl (C=O) groups excluding carboxylic acids is 1. The minimum absolute atomic E-state index is 0.129. The van der Waals surface area contributed by atoms with Crippen LogP contribution in [0.2, 0.25) is 0 Å². The highest BCUT2D eigenvalue weighted by Gasteiger charge is 2.22. The van der Waals surface area contributed by atoms with Crippen molar-refractivity contribution in [1.82, 2.24) is 25.4 Å². The zero-order chi connectivity index (χ0) is 18.1. The first-order chi connectivity index (χ1) is 11.9. The maximum atomic E-state index is 12.5. The summed E-state index contributed by atoms with van der Waals surface area (Å²) in [5.74, 6) is -0.129. The summed E-state index contributed by atoms with van der Waals surface area (Å²) >= 11 is 1.26. The maximum Gasteiger partial charge on any atom is 0.277 e. The second kappa shape index (κ2) is 7.05. The van der Waals surface area contributed by atoms with E-state index in [0.29, 0.717) is 33.7 Å². The van der Waals surface area contributed by atoms with Gasteiger partial charge in [-0.05, 0) is 45.7 Å².